The van der Waals surface area contributed by atoms with Gasteiger partial charge in [0.25, 0.3) is 17.5 Å². The van der Waals surface area contributed by atoms with E-state index in [2.05, 4.69) is 5.32 Å². The van der Waals surface area contributed by atoms with Crippen LogP contribution in [0.4, 0.5) is 16.2 Å². The van der Waals surface area contributed by atoms with E-state index < -0.39 is 22.8 Å². The van der Waals surface area contributed by atoms with E-state index in [4.69, 9.17) is 37.4 Å². The zero-order valence-corrected chi connectivity index (χ0v) is 20.6. The van der Waals surface area contributed by atoms with Gasteiger partial charge in [0.2, 0.25) is 6.79 Å². The minimum atomic E-state index is -0.915. The Morgan fingerprint density at radius 2 is 1.68 bits per heavy atom. The highest BCUT2D eigenvalue weighted by Gasteiger charge is 2.37. The van der Waals surface area contributed by atoms with Gasteiger partial charge in [-0.3, -0.25) is 25.0 Å². The highest BCUT2D eigenvalue weighted by atomic mass is 35.5. The van der Waals surface area contributed by atoms with Gasteiger partial charge in [-0.1, -0.05) is 23.2 Å². The first-order chi connectivity index (χ1) is 18.2. The highest BCUT2D eigenvalue weighted by Crippen LogP contribution is 2.38. The van der Waals surface area contributed by atoms with Gasteiger partial charge < -0.3 is 14.2 Å². The third kappa shape index (κ3) is 4.84. The number of halogens is 2. The summed E-state index contributed by atoms with van der Waals surface area (Å²) < 4.78 is 16.2. The molecule has 1 N–H and O–H groups in total. The van der Waals surface area contributed by atoms with E-state index in [1.165, 1.54) is 42.5 Å². The van der Waals surface area contributed by atoms with Gasteiger partial charge >= 0.3 is 6.03 Å². The Labute approximate surface area is 224 Å². The second-order valence-electron chi connectivity index (χ2n) is 8.02. The number of amides is 4. The molecule has 0 spiro atoms. The maximum absolute atomic E-state index is 13.2. The molecule has 192 valence electrons. The molecular weight excluding hydrogens is 541 g/mol. The standard InChI is InChI=1S/C25H15Cl2N3O8/c26-18-8-14(9-19(27)22(18)36-11-13-1-3-15(4-2-13)30(34)35)7-17-23(31)28-25(33)29(24(17)32)16-5-6-20-21(10-16)38-12-37-20/h1-10H,11-12H2,(H,28,31,33)/b17-7+. The number of hydrogen-bond acceptors (Lipinski definition) is 8. The van der Waals surface area contributed by atoms with Crippen molar-refractivity contribution < 1.29 is 33.5 Å². The van der Waals surface area contributed by atoms with Crippen molar-refractivity contribution >= 4 is 58.5 Å². The van der Waals surface area contributed by atoms with Crippen LogP contribution in [0.2, 0.25) is 10.0 Å². The third-order valence-corrected chi connectivity index (χ3v) is 6.14. The molecule has 38 heavy (non-hydrogen) atoms. The normalized spacial score (nSPS) is 15.6. The SMILES string of the molecule is O=C1NC(=O)N(c2ccc3c(c2)OCO3)C(=O)/C1=C/c1cc(Cl)c(OCc2ccc([N+](=O)[O-])cc2)c(Cl)c1. The van der Waals surface area contributed by atoms with Gasteiger partial charge in [-0.25, -0.2) is 9.69 Å². The summed E-state index contributed by atoms with van der Waals surface area (Å²) in [6.45, 7) is 0.0447. The van der Waals surface area contributed by atoms with Crippen LogP contribution in [-0.2, 0) is 16.2 Å². The molecule has 2 aliphatic heterocycles. The van der Waals surface area contributed by atoms with Crippen molar-refractivity contribution in [2.75, 3.05) is 11.7 Å². The first-order valence-electron chi connectivity index (χ1n) is 10.9. The summed E-state index contributed by atoms with van der Waals surface area (Å²) in [6.07, 6.45) is 1.25. The molecule has 0 atom stereocenters. The summed E-state index contributed by atoms with van der Waals surface area (Å²) in [7, 11) is 0. The summed E-state index contributed by atoms with van der Waals surface area (Å²) in [5.41, 5.74) is 0.755. The number of imide groups is 2. The zero-order chi connectivity index (χ0) is 27.0. The predicted octanol–water partition coefficient (Wildman–Crippen LogP) is 4.88. The van der Waals surface area contributed by atoms with E-state index >= 15 is 0 Å². The Bertz CT molecular complexity index is 1520. The molecule has 2 heterocycles. The molecular formula is C25H15Cl2N3O8. The Morgan fingerprint density at radius 3 is 2.37 bits per heavy atom. The average Bonchev–Trinajstić information content (AvgIpc) is 3.34. The maximum Gasteiger partial charge on any atom is 0.335 e. The molecule has 1 fully saturated rings. The maximum atomic E-state index is 13.2. The fourth-order valence-corrected chi connectivity index (χ4v) is 4.37. The number of hydrogen-bond donors (Lipinski definition) is 1. The van der Waals surface area contributed by atoms with E-state index in [0.29, 0.717) is 22.6 Å². The van der Waals surface area contributed by atoms with Crippen LogP contribution in [0.3, 0.4) is 0 Å². The smallest absolute Gasteiger partial charge is 0.335 e. The van der Waals surface area contributed by atoms with Crippen LogP contribution >= 0.6 is 23.2 Å². The van der Waals surface area contributed by atoms with E-state index in [0.717, 1.165) is 4.90 Å². The van der Waals surface area contributed by atoms with Gasteiger partial charge in [-0.05, 0) is 53.6 Å². The molecule has 0 radical (unpaired) electrons. The number of nitro groups is 1. The molecule has 4 amide bonds. The average molecular weight is 556 g/mol. The molecule has 0 aliphatic carbocycles. The first-order valence-corrected chi connectivity index (χ1v) is 11.6. The number of nitrogens with zero attached hydrogens (tertiary/aromatic N) is 2. The molecule has 0 unspecified atom stereocenters. The fraction of sp³-hybridized carbons (Fsp3) is 0.0800. The van der Waals surface area contributed by atoms with E-state index in [1.807, 2.05) is 0 Å². The van der Waals surface area contributed by atoms with Crippen molar-refractivity contribution in [1.29, 1.82) is 0 Å². The Morgan fingerprint density at radius 1 is 1.00 bits per heavy atom. The minimum Gasteiger partial charge on any atom is -0.486 e. The molecule has 5 rings (SSSR count). The van der Waals surface area contributed by atoms with Crippen LogP contribution in [0.5, 0.6) is 17.2 Å². The summed E-state index contributed by atoms with van der Waals surface area (Å²) in [4.78, 5) is 49.3. The van der Waals surface area contributed by atoms with Crippen molar-refractivity contribution in [3.05, 3.63) is 91.5 Å². The summed E-state index contributed by atoms with van der Waals surface area (Å²) in [6, 6.07) is 12.2. The third-order valence-electron chi connectivity index (χ3n) is 5.58. The Kier molecular flexibility index (Phi) is 6.62. The minimum absolute atomic E-state index is 0.0116. The molecule has 3 aromatic rings. The van der Waals surface area contributed by atoms with Gasteiger partial charge in [-0.2, -0.15) is 0 Å². The number of rotatable bonds is 6. The molecule has 0 bridgehead atoms. The van der Waals surface area contributed by atoms with Gasteiger partial charge in [0.1, 0.15) is 12.2 Å². The van der Waals surface area contributed by atoms with Crippen molar-refractivity contribution in [1.82, 2.24) is 5.32 Å². The molecule has 3 aromatic carbocycles. The second-order valence-corrected chi connectivity index (χ2v) is 8.84. The number of fused-ring (bicyclic) bond motifs is 1. The van der Waals surface area contributed by atoms with Crippen molar-refractivity contribution in [2.45, 2.75) is 6.61 Å². The van der Waals surface area contributed by atoms with E-state index in [-0.39, 0.29) is 46.1 Å². The van der Waals surface area contributed by atoms with Crippen LogP contribution < -0.4 is 24.4 Å². The number of carbonyl (C=O) groups excluding carboxylic acids is 3. The number of carbonyl (C=O) groups is 3. The van der Waals surface area contributed by atoms with Gasteiger partial charge in [0, 0.05) is 18.2 Å². The largest absolute Gasteiger partial charge is 0.486 e. The van der Waals surface area contributed by atoms with Crippen molar-refractivity contribution in [3.8, 4) is 17.2 Å². The van der Waals surface area contributed by atoms with Crippen LogP contribution in [0, 0.1) is 10.1 Å². The Hall–Kier alpha value is -4.61. The Balaban J connectivity index is 1.38. The lowest BCUT2D eigenvalue weighted by Crippen LogP contribution is -2.54. The molecule has 0 saturated carbocycles. The summed E-state index contributed by atoms with van der Waals surface area (Å²) >= 11 is 12.7. The lowest BCUT2D eigenvalue weighted by molar-refractivity contribution is -0.384. The second kappa shape index (κ2) is 10.0. The summed E-state index contributed by atoms with van der Waals surface area (Å²) in [5, 5.41) is 13.1. The molecule has 0 aromatic heterocycles. The highest BCUT2D eigenvalue weighted by molar-refractivity contribution is 6.40. The topological polar surface area (TPSA) is 137 Å². The molecule has 11 nitrogen and oxygen atoms in total. The van der Waals surface area contributed by atoms with Crippen molar-refractivity contribution in [2.24, 2.45) is 0 Å². The van der Waals surface area contributed by atoms with Gasteiger partial charge in [0.15, 0.2) is 17.2 Å². The van der Waals surface area contributed by atoms with Crippen LogP contribution in [-0.4, -0.2) is 29.6 Å². The quantitative estimate of drug-likeness (QED) is 0.196. The molecule has 2 aliphatic rings. The van der Waals surface area contributed by atoms with Gasteiger partial charge in [0.05, 0.1) is 20.7 Å². The molecule has 1 saturated heterocycles. The van der Waals surface area contributed by atoms with Gasteiger partial charge in [-0.15, -0.1) is 0 Å². The zero-order valence-electron chi connectivity index (χ0n) is 19.1. The van der Waals surface area contributed by atoms with Crippen LogP contribution in [0.1, 0.15) is 11.1 Å². The number of barbiturate groups is 1. The number of nitro benzene ring substituents is 1. The lowest BCUT2D eigenvalue weighted by atomic mass is 10.1. The van der Waals surface area contributed by atoms with Crippen molar-refractivity contribution in [3.63, 3.8) is 0 Å². The van der Waals surface area contributed by atoms with Crippen LogP contribution in [0.15, 0.2) is 60.2 Å². The number of non-ortho nitro benzene ring substituents is 1. The summed E-state index contributed by atoms with van der Waals surface area (Å²) in [5.74, 6) is -0.782. The lowest BCUT2D eigenvalue weighted by Gasteiger charge is -2.26. The predicted molar refractivity (Wildman–Crippen MR) is 135 cm³/mol. The molecule has 13 heteroatoms. The van der Waals surface area contributed by atoms with E-state index in [9.17, 15) is 24.5 Å². The first kappa shape index (κ1) is 25.1. The number of ether oxygens (including phenoxy) is 3. The number of nitrogens with one attached hydrogen (secondary N) is 1. The number of anilines is 1. The monoisotopic (exact) mass is 555 g/mol. The number of urea groups is 1. The van der Waals surface area contributed by atoms with Crippen LogP contribution in [0.25, 0.3) is 6.08 Å². The van der Waals surface area contributed by atoms with E-state index in [1.54, 1.807) is 18.2 Å². The number of benzene rings is 3. The fourth-order valence-electron chi connectivity index (χ4n) is 3.75.